The summed E-state index contributed by atoms with van der Waals surface area (Å²) in [5, 5.41) is 19.2. The molecule has 0 atom stereocenters. The number of anilines is 1. The fourth-order valence-corrected chi connectivity index (χ4v) is 2.22. The third-order valence-corrected chi connectivity index (χ3v) is 3.47. The number of rotatable bonds is 10. The van der Waals surface area contributed by atoms with Gasteiger partial charge in [0.15, 0.2) is 5.76 Å². The van der Waals surface area contributed by atoms with Gasteiger partial charge in [0.1, 0.15) is 5.69 Å². The van der Waals surface area contributed by atoms with Gasteiger partial charge in [-0.1, -0.05) is 12.1 Å². The lowest BCUT2D eigenvalue weighted by molar-refractivity contribution is -0.384. The minimum Gasteiger partial charge on any atom is -0.459 e. The molecule has 0 saturated carbocycles. The van der Waals surface area contributed by atoms with Crippen LogP contribution in [0.5, 0.6) is 0 Å². The molecule has 1 aromatic heterocycles. The smallest absolute Gasteiger partial charge is 0.292 e. The largest absolute Gasteiger partial charge is 0.459 e. The highest BCUT2D eigenvalue weighted by atomic mass is 16.6. The average Bonchev–Trinajstić information content (AvgIpc) is 3.17. The molecule has 0 aliphatic carbocycles. The quantitative estimate of drug-likeness (QED) is 0.337. The predicted molar refractivity (Wildman–Crippen MR) is 94.9 cm³/mol. The number of hydrogen-bond acceptors (Lipinski definition) is 6. The molecule has 1 heterocycles. The van der Waals surface area contributed by atoms with E-state index in [1.165, 1.54) is 12.3 Å². The van der Waals surface area contributed by atoms with E-state index in [4.69, 9.17) is 4.42 Å². The summed E-state index contributed by atoms with van der Waals surface area (Å²) in [4.78, 5) is 33.8. The van der Waals surface area contributed by atoms with E-state index in [1.807, 2.05) is 0 Å². The summed E-state index contributed by atoms with van der Waals surface area (Å²) >= 11 is 0. The van der Waals surface area contributed by atoms with Crippen molar-refractivity contribution >= 4 is 23.2 Å². The zero-order valence-corrected chi connectivity index (χ0v) is 14.1. The molecule has 2 rings (SSSR count). The Morgan fingerprint density at radius 2 is 1.85 bits per heavy atom. The maximum absolute atomic E-state index is 11.7. The Hall–Kier alpha value is -3.36. The number of nitro benzene ring substituents is 1. The molecule has 0 spiro atoms. The Morgan fingerprint density at radius 1 is 1.04 bits per heavy atom. The number of nitrogens with zero attached hydrogens (tertiary/aromatic N) is 1. The van der Waals surface area contributed by atoms with Gasteiger partial charge in [-0.25, -0.2) is 0 Å². The summed E-state index contributed by atoms with van der Waals surface area (Å²) < 4.78 is 4.96. The van der Waals surface area contributed by atoms with Gasteiger partial charge in [0.2, 0.25) is 5.91 Å². The number of furan rings is 1. The van der Waals surface area contributed by atoms with Crippen molar-refractivity contribution in [3.63, 3.8) is 0 Å². The number of nitrogens with one attached hydrogen (secondary N) is 3. The number of carbonyl (C=O) groups is 2. The van der Waals surface area contributed by atoms with Crippen molar-refractivity contribution in [1.29, 1.82) is 0 Å². The van der Waals surface area contributed by atoms with Crippen LogP contribution in [-0.4, -0.2) is 36.4 Å². The van der Waals surface area contributed by atoms with E-state index >= 15 is 0 Å². The third-order valence-electron chi connectivity index (χ3n) is 3.47. The van der Waals surface area contributed by atoms with Gasteiger partial charge < -0.3 is 20.4 Å². The summed E-state index contributed by atoms with van der Waals surface area (Å²) in [6.07, 6.45) is 2.18. The van der Waals surface area contributed by atoms with Crippen LogP contribution >= 0.6 is 0 Å². The Labute approximate surface area is 149 Å². The fourth-order valence-electron chi connectivity index (χ4n) is 2.22. The molecular formula is C17H20N4O5. The SMILES string of the molecule is O=C(CCCNC(=O)c1ccco1)NCCNc1ccccc1[N+](=O)[O-]. The molecule has 138 valence electrons. The molecule has 0 aliphatic rings. The summed E-state index contributed by atoms with van der Waals surface area (Å²) in [5.74, 6) is -0.235. The summed E-state index contributed by atoms with van der Waals surface area (Å²) in [7, 11) is 0. The van der Waals surface area contributed by atoms with Gasteiger partial charge in [-0.05, 0) is 24.6 Å². The monoisotopic (exact) mass is 360 g/mol. The second-order valence-electron chi connectivity index (χ2n) is 5.39. The molecule has 0 unspecified atom stereocenters. The van der Waals surface area contributed by atoms with Gasteiger partial charge in [0, 0.05) is 32.1 Å². The maximum Gasteiger partial charge on any atom is 0.292 e. The van der Waals surface area contributed by atoms with Crippen molar-refractivity contribution in [1.82, 2.24) is 10.6 Å². The van der Waals surface area contributed by atoms with Crippen molar-refractivity contribution in [3.8, 4) is 0 Å². The summed E-state index contributed by atoms with van der Waals surface area (Å²) in [5.41, 5.74) is 0.401. The van der Waals surface area contributed by atoms with Gasteiger partial charge in [-0.15, -0.1) is 0 Å². The second-order valence-corrected chi connectivity index (χ2v) is 5.39. The molecule has 0 bridgehead atoms. The predicted octanol–water partition coefficient (Wildman–Crippen LogP) is 1.93. The van der Waals surface area contributed by atoms with E-state index in [2.05, 4.69) is 16.0 Å². The van der Waals surface area contributed by atoms with E-state index < -0.39 is 4.92 Å². The van der Waals surface area contributed by atoms with Crippen LogP contribution in [0.3, 0.4) is 0 Å². The lowest BCUT2D eigenvalue weighted by Crippen LogP contribution is -2.30. The van der Waals surface area contributed by atoms with Gasteiger partial charge in [-0.3, -0.25) is 19.7 Å². The van der Waals surface area contributed by atoms with Crippen LogP contribution in [0, 0.1) is 10.1 Å². The Balaban J connectivity index is 1.58. The topological polar surface area (TPSA) is 127 Å². The molecule has 9 nitrogen and oxygen atoms in total. The molecule has 2 aromatic rings. The lowest BCUT2D eigenvalue weighted by Gasteiger charge is -2.08. The molecule has 0 aliphatic heterocycles. The van der Waals surface area contributed by atoms with E-state index in [0.29, 0.717) is 31.7 Å². The van der Waals surface area contributed by atoms with Crippen molar-refractivity contribution in [2.75, 3.05) is 25.0 Å². The van der Waals surface area contributed by atoms with E-state index in [0.717, 1.165) is 0 Å². The summed E-state index contributed by atoms with van der Waals surface area (Å²) in [6, 6.07) is 9.51. The minimum atomic E-state index is -0.460. The zero-order chi connectivity index (χ0) is 18.8. The number of para-hydroxylation sites is 2. The minimum absolute atomic E-state index is 0.00822. The Morgan fingerprint density at radius 3 is 2.58 bits per heavy atom. The van der Waals surface area contributed by atoms with Crippen molar-refractivity contribution in [2.24, 2.45) is 0 Å². The highest BCUT2D eigenvalue weighted by Crippen LogP contribution is 2.22. The van der Waals surface area contributed by atoms with Gasteiger partial charge in [0.25, 0.3) is 11.6 Å². The molecule has 26 heavy (non-hydrogen) atoms. The number of nitro groups is 1. The normalized spacial score (nSPS) is 10.2. The van der Waals surface area contributed by atoms with Crippen LogP contribution in [0.25, 0.3) is 0 Å². The van der Waals surface area contributed by atoms with Crippen LogP contribution in [0.15, 0.2) is 47.1 Å². The fraction of sp³-hybridized carbons (Fsp3) is 0.294. The number of carbonyl (C=O) groups excluding carboxylic acids is 2. The van der Waals surface area contributed by atoms with Crippen molar-refractivity contribution in [2.45, 2.75) is 12.8 Å². The highest BCUT2D eigenvalue weighted by molar-refractivity contribution is 5.91. The first-order chi connectivity index (χ1) is 12.6. The average molecular weight is 360 g/mol. The molecule has 9 heteroatoms. The standard InChI is InChI=1S/C17H20N4O5/c22-16(8-3-9-20-17(23)15-7-4-12-26-15)19-11-10-18-13-5-1-2-6-14(13)21(24)25/h1-2,4-7,12,18H,3,8-11H2,(H,19,22)(H,20,23). The molecule has 0 fully saturated rings. The first kappa shape index (κ1) is 19.0. The van der Waals surface area contributed by atoms with Crippen molar-refractivity contribution < 1.29 is 18.9 Å². The van der Waals surface area contributed by atoms with Crippen LogP contribution in [0.1, 0.15) is 23.4 Å². The number of amides is 2. The van der Waals surface area contributed by atoms with Crippen LogP contribution in [0.4, 0.5) is 11.4 Å². The Kier molecular flexibility index (Phi) is 7.17. The summed E-state index contributed by atoms with van der Waals surface area (Å²) in [6.45, 7) is 1.07. The Bertz CT molecular complexity index is 745. The molecule has 1 aromatic carbocycles. The van der Waals surface area contributed by atoms with Gasteiger partial charge in [0.05, 0.1) is 11.2 Å². The second kappa shape index (κ2) is 9.82. The van der Waals surface area contributed by atoms with E-state index in [-0.39, 0.29) is 29.7 Å². The molecule has 3 N–H and O–H groups in total. The van der Waals surface area contributed by atoms with E-state index in [9.17, 15) is 19.7 Å². The van der Waals surface area contributed by atoms with E-state index in [1.54, 1.807) is 30.3 Å². The van der Waals surface area contributed by atoms with Crippen LogP contribution in [0.2, 0.25) is 0 Å². The molecule has 2 amide bonds. The maximum atomic E-state index is 11.7. The lowest BCUT2D eigenvalue weighted by atomic mass is 10.2. The number of benzene rings is 1. The van der Waals surface area contributed by atoms with Gasteiger partial charge >= 0.3 is 0 Å². The van der Waals surface area contributed by atoms with Crippen LogP contribution in [-0.2, 0) is 4.79 Å². The highest BCUT2D eigenvalue weighted by Gasteiger charge is 2.11. The third kappa shape index (κ3) is 5.93. The van der Waals surface area contributed by atoms with Gasteiger partial charge in [-0.2, -0.15) is 0 Å². The first-order valence-corrected chi connectivity index (χ1v) is 8.13. The molecule has 0 radical (unpaired) electrons. The van der Waals surface area contributed by atoms with Crippen molar-refractivity contribution in [3.05, 3.63) is 58.5 Å². The first-order valence-electron chi connectivity index (χ1n) is 8.13. The van der Waals surface area contributed by atoms with Crippen LogP contribution < -0.4 is 16.0 Å². The number of hydrogen-bond donors (Lipinski definition) is 3. The molecule has 0 saturated heterocycles. The molecular weight excluding hydrogens is 340 g/mol. The zero-order valence-electron chi connectivity index (χ0n) is 14.1.